The van der Waals surface area contributed by atoms with Crippen LogP contribution in [0, 0.1) is 6.92 Å². The van der Waals surface area contributed by atoms with E-state index in [0.29, 0.717) is 0 Å². The zero-order valence-electron chi connectivity index (χ0n) is 21.8. The normalized spacial score (nSPS) is 14.1. The van der Waals surface area contributed by atoms with Gasteiger partial charge in [-0.25, -0.2) is 9.98 Å². The molecular weight excluding hydrogens is 564 g/mol. The Hall–Kier alpha value is -3.74. The van der Waals surface area contributed by atoms with E-state index < -0.39 is 0 Å². The third-order valence-corrected chi connectivity index (χ3v) is 8.49. The van der Waals surface area contributed by atoms with E-state index in [9.17, 15) is 0 Å². The molecule has 0 saturated carbocycles. The smallest absolute Gasteiger partial charge is 0.146 e. The fourth-order valence-electron chi connectivity index (χ4n) is 4.82. The van der Waals surface area contributed by atoms with E-state index in [4.69, 9.17) is 9.98 Å². The molecule has 6 rings (SSSR count). The maximum Gasteiger partial charge on any atom is 0.146 e. The van der Waals surface area contributed by atoms with Gasteiger partial charge in [-0.3, -0.25) is 0 Å². The van der Waals surface area contributed by atoms with E-state index in [1.807, 2.05) is 6.07 Å². The van der Waals surface area contributed by atoms with Crippen LogP contribution in [0.15, 0.2) is 119 Å². The Morgan fingerprint density at radius 1 is 0.744 bits per heavy atom. The number of rotatable bonds is 5. The number of para-hydroxylation sites is 1. The summed E-state index contributed by atoms with van der Waals surface area (Å²) in [5.74, 6) is 0.992. The minimum absolute atomic E-state index is 0.897. The van der Waals surface area contributed by atoms with Crippen molar-refractivity contribution in [1.82, 2.24) is 9.88 Å². The van der Waals surface area contributed by atoms with Crippen LogP contribution in [0.4, 0.5) is 10.7 Å². The van der Waals surface area contributed by atoms with E-state index in [-0.39, 0.29) is 0 Å². The Morgan fingerprint density at radius 2 is 1.38 bits per heavy atom. The molecule has 1 fully saturated rings. The molecule has 39 heavy (non-hydrogen) atoms. The van der Waals surface area contributed by atoms with Gasteiger partial charge in [0.15, 0.2) is 0 Å². The molecule has 0 atom stereocenters. The number of aryl methyl sites for hydroxylation is 1. The summed E-state index contributed by atoms with van der Waals surface area (Å²) in [4.78, 5) is 15.4. The maximum absolute atomic E-state index is 5.39. The monoisotopic (exact) mass is 592 g/mol. The highest BCUT2D eigenvalue weighted by molar-refractivity contribution is 9.10. The molecule has 0 amide bonds. The number of aromatic nitrogens is 1. The standard InChI is InChI=1S/C33H29BrN4S/c1-24-12-14-25(15-13-24)30-33(39-32(35-30)27-8-4-2-5-9-27)36-31(26-16-18-28(34)19-17-26)38-22-20-37(21-23-38)29-10-6-3-7-11-29/h2-19H,20-23H2,1H3. The predicted octanol–water partition coefficient (Wildman–Crippen LogP) is 8.45. The Kier molecular flexibility index (Phi) is 7.57. The Morgan fingerprint density at radius 3 is 2.05 bits per heavy atom. The third kappa shape index (κ3) is 5.82. The minimum Gasteiger partial charge on any atom is -0.368 e. The van der Waals surface area contributed by atoms with Crippen LogP contribution in [0.1, 0.15) is 11.1 Å². The Bertz CT molecular complexity index is 1550. The molecule has 1 saturated heterocycles. The number of halogens is 1. The number of amidine groups is 1. The third-order valence-electron chi connectivity index (χ3n) is 6.97. The number of aliphatic imine (C=N–C) groups is 1. The van der Waals surface area contributed by atoms with Gasteiger partial charge in [0.1, 0.15) is 21.5 Å². The molecule has 4 aromatic carbocycles. The van der Waals surface area contributed by atoms with Crippen LogP contribution in [0.25, 0.3) is 21.8 Å². The number of piperazine rings is 1. The molecule has 0 spiro atoms. The van der Waals surface area contributed by atoms with E-state index in [1.165, 1.54) is 11.3 Å². The van der Waals surface area contributed by atoms with Gasteiger partial charge < -0.3 is 9.80 Å². The molecule has 4 nitrogen and oxygen atoms in total. The lowest BCUT2D eigenvalue weighted by molar-refractivity contribution is 0.386. The lowest BCUT2D eigenvalue weighted by atomic mass is 10.1. The fraction of sp³-hybridized carbons (Fsp3) is 0.152. The van der Waals surface area contributed by atoms with E-state index in [2.05, 4.69) is 136 Å². The van der Waals surface area contributed by atoms with Gasteiger partial charge in [-0.05, 0) is 31.2 Å². The number of hydrogen-bond acceptors (Lipinski definition) is 4. The zero-order valence-corrected chi connectivity index (χ0v) is 24.2. The summed E-state index contributed by atoms with van der Waals surface area (Å²) < 4.78 is 1.06. The van der Waals surface area contributed by atoms with Crippen molar-refractivity contribution >= 4 is 43.8 Å². The van der Waals surface area contributed by atoms with Crippen LogP contribution in [-0.4, -0.2) is 41.9 Å². The molecular formula is C33H29BrN4S. The van der Waals surface area contributed by atoms with Crippen molar-refractivity contribution in [3.63, 3.8) is 0 Å². The van der Waals surface area contributed by atoms with Gasteiger partial charge in [0, 0.05) is 53.0 Å². The largest absolute Gasteiger partial charge is 0.368 e. The highest BCUT2D eigenvalue weighted by Gasteiger charge is 2.23. The fourth-order valence-corrected chi connectivity index (χ4v) is 6.05. The highest BCUT2D eigenvalue weighted by Crippen LogP contribution is 2.40. The molecule has 1 aliphatic rings. The van der Waals surface area contributed by atoms with Crippen LogP contribution < -0.4 is 4.90 Å². The predicted molar refractivity (Wildman–Crippen MR) is 168 cm³/mol. The number of thiazole rings is 1. The molecule has 1 aromatic heterocycles. The van der Waals surface area contributed by atoms with E-state index in [1.54, 1.807) is 11.3 Å². The molecule has 0 N–H and O–H groups in total. The number of hydrogen-bond donors (Lipinski definition) is 0. The van der Waals surface area contributed by atoms with Gasteiger partial charge in [-0.1, -0.05) is 118 Å². The van der Waals surface area contributed by atoms with Crippen LogP contribution in [0.5, 0.6) is 0 Å². The van der Waals surface area contributed by atoms with Gasteiger partial charge >= 0.3 is 0 Å². The molecule has 5 aromatic rings. The Balaban J connectivity index is 1.41. The number of benzene rings is 4. The van der Waals surface area contributed by atoms with Crippen LogP contribution >= 0.6 is 27.3 Å². The summed E-state index contributed by atoms with van der Waals surface area (Å²) in [5.41, 5.74) is 6.73. The molecule has 6 heteroatoms. The molecule has 0 unspecified atom stereocenters. The van der Waals surface area contributed by atoms with E-state index >= 15 is 0 Å². The average molecular weight is 594 g/mol. The van der Waals surface area contributed by atoms with Crippen molar-refractivity contribution in [2.75, 3.05) is 31.1 Å². The first-order valence-corrected chi connectivity index (χ1v) is 14.8. The summed E-state index contributed by atoms with van der Waals surface area (Å²) in [7, 11) is 0. The van der Waals surface area contributed by atoms with Crippen molar-refractivity contribution in [2.45, 2.75) is 6.92 Å². The minimum atomic E-state index is 0.897. The molecule has 2 heterocycles. The van der Waals surface area contributed by atoms with Crippen molar-refractivity contribution in [3.05, 3.63) is 125 Å². The van der Waals surface area contributed by atoms with Crippen molar-refractivity contribution in [1.29, 1.82) is 0 Å². The summed E-state index contributed by atoms with van der Waals surface area (Å²) in [5, 5.41) is 1.91. The first kappa shape index (κ1) is 25.5. The quantitative estimate of drug-likeness (QED) is 0.151. The van der Waals surface area contributed by atoms with Crippen molar-refractivity contribution < 1.29 is 0 Å². The SMILES string of the molecule is Cc1ccc(-c2nc(-c3ccccc3)sc2N=C(c2ccc(Br)cc2)N2CCN(c3ccccc3)CC2)cc1. The zero-order chi connectivity index (χ0) is 26.6. The van der Waals surface area contributed by atoms with Crippen LogP contribution in [0.2, 0.25) is 0 Å². The number of nitrogens with zero attached hydrogens (tertiary/aromatic N) is 4. The Labute approximate surface area is 242 Å². The lowest BCUT2D eigenvalue weighted by Gasteiger charge is -2.37. The van der Waals surface area contributed by atoms with Crippen molar-refractivity contribution in [3.8, 4) is 21.8 Å². The molecule has 0 bridgehead atoms. The summed E-state index contributed by atoms with van der Waals surface area (Å²) in [6, 6.07) is 38.1. The molecule has 0 radical (unpaired) electrons. The van der Waals surface area contributed by atoms with Gasteiger partial charge in [0.25, 0.3) is 0 Å². The highest BCUT2D eigenvalue weighted by atomic mass is 79.9. The summed E-state index contributed by atoms with van der Waals surface area (Å²) >= 11 is 5.25. The first-order valence-electron chi connectivity index (χ1n) is 13.2. The second-order valence-corrected chi connectivity index (χ2v) is 11.5. The second-order valence-electron chi connectivity index (χ2n) is 9.66. The maximum atomic E-state index is 5.39. The van der Waals surface area contributed by atoms with E-state index in [0.717, 1.165) is 68.9 Å². The molecule has 194 valence electrons. The molecule has 1 aliphatic heterocycles. The summed E-state index contributed by atoms with van der Waals surface area (Å²) in [6.07, 6.45) is 0. The molecule has 0 aliphatic carbocycles. The van der Waals surface area contributed by atoms with Gasteiger partial charge in [0.05, 0.1) is 0 Å². The van der Waals surface area contributed by atoms with Gasteiger partial charge in [-0.15, -0.1) is 0 Å². The average Bonchev–Trinajstić information content (AvgIpc) is 3.42. The number of anilines is 1. The summed E-state index contributed by atoms with van der Waals surface area (Å²) in [6.45, 7) is 5.80. The first-order chi connectivity index (χ1) is 19.1. The van der Waals surface area contributed by atoms with Crippen LogP contribution in [0.3, 0.4) is 0 Å². The topological polar surface area (TPSA) is 31.7 Å². The lowest BCUT2D eigenvalue weighted by Crippen LogP contribution is -2.49. The van der Waals surface area contributed by atoms with Crippen LogP contribution in [-0.2, 0) is 0 Å². The van der Waals surface area contributed by atoms with Gasteiger partial charge in [0.2, 0.25) is 0 Å². The van der Waals surface area contributed by atoms with Crippen molar-refractivity contribution in [2.24, 2.45) is 4.99 Å². The van der Waals surface area contributed by atoms with Gasteiger partial charge in [-0.2, -0.15) is 0 Å². The second kappa shape index (κ2) is 11.6.